The number of likely N-dealkylation sites (tertiary alicyclic amines) is 1. The van der Waals surface area contributed by atoms with E-state index in [2.05, 4.69) is 23.1 Å². The number of piperidine rings is 1. The Bertz CT molecular complexity index is 724. The van der Waals surface area contributed by atoms with E-state index in [0.29, 0.717) is 12.5 Å². The molecule has 2 heterocycles. The summed E-state index contributed by atoms with van der Waals surface area (Å²) in [5.74, 6) is 3.21. The summed E-state index contributed by atoms with van der Waals surface area (Å²) in [6.07, 6.45) is 2.54. The van der Waals surface area contributed by atoms with Crippen molar-refractivity contribution in [3.8, 4) is 17.2 Å². The SMILES string of the molecule is COc1cccc([C@H]2CCCN(C[C@H]3COc4ccccc4O3)C2)c1.Cl. The van der Waals surface area contributed by atoms with Crippen LogP contribution in [0.1, 0.15) is 24.3 Å². The minimum absolute atomic E-state index is 0. The predicted molar refractivity (Wildman–Crippen MR) is 105 cm³/mol. The zero-order chi connectivity index (χ0) is 17.1. The Balaban J connectivity index is 0.00000196. The topological polar surface area (TPSA) is 30.9 Å². The summed E-state index contributed by atoms with van der Waals surface area (Å²) in [5, 5.41) is 0. The van der Waals surface area contributed by atoms with Gasteiger partial charge in [0.25, 0.3) is 0 Å². The van der Waals surface area contributed by atoms with E-state index in [1.54, 1.807) is 7.11 Å². The minimum Gasteiger partial charge on any atom is -0.497 e. The van der Waals surface area contributed by atoms with Gasteiger partial charge in [-0.1, -0.05) is 24.3 Å². The van der Waals surface area contributed by atoms with E-state index >= 15 is 0 Å². The molecule has 2 aromatic rings. The summed E-state index contributed by atoms with van der Waals surface area (Å²) in [6, 6.07) is 16.4. The van der Waals surface area contributed by atoms with Crippen LogP contribution < -0.4 is 14.2 Å². The molecule has 2 atom stereocenters. The molecular formula is C21H26ClNO3. The molecular weight excluding hydrogens is 350 g/mol. The summed E-state index contributed by atoms with van der Waals surface area (Å²) >= 11 is 0. The Morgan fingerprint density at radius 1 is 1.12 bits per heavy atom. The van der Waals surface area contributed by atoms with E-state index < -0.39 is 0 Å². The summed E-state index contributed by atoms with van der Waals surface area (Å²) in [6.45, 7) is 3.72. The number of benzene rings is 2. The van der Waals surface area contributed by atoms with E-state index in [1.807, 2.05) is 30.3 Å². The van der Waals surface area contributed by atoms with Crippen LogP contribution in [-0.2, 0) is 0 Å². The van der Waals surface area contributed by atoms with Crippen molar-refractivity contribution in [2.24, 2.45) is 0 Å². The zero-order valence-electron chi connectivity index (χ0n) is 15.1. The first-order valence-electron chi connectivity index (χ1n) is 9.06. The van der Waals surface area contributed by atoms with Crippen molar-refractivity contribution in [3.63, 3.8) is 0 Å². The number of hydrogen-bond donors (Lipinski definition) is 0. The molecule has 140 valence electrons. The maximum Gasteiger partial charge on any atom is 0.161 e. The highest BCUT2D eigenvalue weighted by atomic mass is 35.5. The second-order valence-corrected chi connectivity index (χ2v) is 6.87. The lowest BCUT2D eigenvalue weighted by atomic mass is 9.90. The van der Waals surface area contributed by atoms with Crippen LogP contribution in [0, 0.1) is 0 Å². The van der Waals surface area contributed by atoms with E-state index in [9.17, 15) is 0 Å². The number of methoxy groups -OCH3 is 1. The number of hydrogen-bond acceptors (Lipinski definition) is 4. The van der Waals surface area contributed by atoms with Crippen molar-refractivity contribution >= 4 is 12.4 Å². The van der Waals surface area contributed by atoms with Crippen LogP contribution in [0.2, 0.25) is 0 Å². The average Bonchev–Trinajstić information content (AvgIpc) is 2.68. The number of para-hydroxylation sites is 2. The standard InChI is InChI=1S/C21H25NO3.ClH/c1-23-18-8-4-6-16(12-18)17-7-5-11-22(13-17)14-19-15-24-20-9-2-3-10-21(20)25-19;/h2-4,6,8-10,12,17,19H,5,7,11,13-15H2,1H3;1H/t17-,19-;/m0./s1. The van der Waals surface area contributed by atoms with Crippen molar-refractivity contribution in [1.29, 1.82) is 0 Å². The third-order valence-electron chi connectivity index (χ3n) is 5.10. The van der Waals surface area contributed by atoms with Crippen LogP contribution in [-0.4, -0.2) is 44.4 Å². The molecule has 0 saturated carbocycles. The summed E-state index contributed by atoms with van der Waals surface area (Å²) in [7, 11) is 1.73. The third-order valence-corrected chi connectivity index (χ3v) is 5.10. The summed E-state index contributed by atoms with van der Waals surface area (Å²) in [5.41, 5.74) is 1.37. The Kier molecular flexibility index (Phi) is 6.28. The number of ether oxygens (including phenoxy) is 3. The van der Waals surface area contributed by atoms with Gasteiger partial charge in [-0.05, 0) is 55.1 Å². The Labute approximate surface area is 161 Å². The van der Waals surface area contributed by atoms with Gasteiger partial charge in [-0.25, -0.2) is 0 Å². The van der Waals surface area contributed by atoms with Crippen molar-refractivity contribution in [3.05, 3.63) is 54.1 Å². The van der Waals surface area contributed by atoms with Gasteiger partial charge in [0.2, 0.25) is 0 Å². The van der Waals surface area contributed by atoms with Gasteiger partial charge in [-0.2, -0.15) is 0 Å². The van der Waals surface area contributed by atoms with Crippen LogP contribution in [0.25, 0.3) is 0 Å². The third kappa shape index (κ3) is 4.25. The molecule has 1 fully saturated rings. The van der Waals surface area contributed by atoms with Gasteiger partial charge < -0.3 is 14.2 Å². The lowest BCUT2D eigenvalue weighted by Crippen LogP contribution is -2.44. The van der Waals surface area contributed by atoms with E-state index in [4.69, 9.17) is 14.2 Å². The Hall–Kier alpha value is -1.91. The fourth-order valence-electron chi connectivity index (χ4n) is 3.83. The normalized spacial score (nSPS) is 22.3. The van der Waals surface area contributed by atoms with Gasteiger partial charge in [0, 0.05) is 13.1 Å². The molecule has 2 aromatic carbocycles. The van der Waals surface area contributed by atoms with Gasteiger partial charge >= 0.3 is 0 Å². The van der Waals surface area contributed by atoms with Crippen molar-refractivity contribution in [1.82, 2.24) is 4.90 Å². The lowest BCUT2D eigenvalue weighted by molar-refractivity contribution is 0.0504. The Morgan fingerprint density at radius 2 is 1.96 bits per heavy atom. The predicted octanol–water partition coefficient (Wildman–Crippen LogP) is 4.14. The fraction of sp³-hybridized carbons (Fsp3) is 0.429. The molecule has 4 rings (SSSR count). The first kappa shape index (κ1) is 18.9. The number of fused-ring (bicyclic) bond motifs is 1. The van der Waals surface area contributed by atoms with Gasteiger partial charge in [0.15, 0.2) is 11.5 Å². The summed E-state index contributed by atoms with van der Waals surface area (Å²) < 4.78 is 17.4. The smallest absolute Gasteiger partial charge is 0.161 e. The molecule has 0 aliphatic carbocycles. The molecule has 26 heavy (non-hydrogen) atoms. The quantitative estimate of drug-likeness (QED) is 0.803. The largest absolute Gasteiger partial charge is 0.497 e. The van der Waals surface area contributed by atoms with Crippen LogP contribution in [0.5, 0.6) is 17.2 Å². The maximum absolute atomic E-state index is 6.13. The van der Waals surface area contributed by atoms with E-state index in [1.165, 1.54) is 18.4 Å². The molecule has 0 spiro atoms. The second kappa shape index (κ2) is 8.65. The number of halogens is 1. The molecule has 0 bridgehead atoms. The number of rotatable bonds is 4. The number of nitrogens with zero attached hydrogens (tertiary/aromatic N) is 1. The summed E-state index contributed by atoms with van der Waals surface area (Å²) in [4.78, 5) is 2.51. The lowest BCUT2D eigenvalue weighted by Gasteiger charge is -2.36. The van der Waals surface area contributed by atoms with Gasteiger partial charge in [0.05, 0.1) is 7.11 Å². The molecule has 4 nitrogen and oxygen atoms in total. The van der Waals surface area contributed by atoms with Crippen molar-refractivity contribution < 1.29 is 14.2 Å². The molecule has 0 aromatic heterocycles. The molecule has 0 N–H and O–H groups in total. The highest BCUT2D eigenvalue weighted by Gasteiger charge is 2.27. The highest BCUT2D eigenvalue weighted by Crippen LogP contribution is 2.32. The molecule has 0 amide bonds. The van der Waals surface area contributed by atoms with Gasteiger partial charge in [-0.15, -0.1) is 12.4 Å². The van der Waals surface area contributed by atoms with Gasteiger partial charge in [-0.3, -0.25) is 4.90 Å². The molecule has 1 saturated heterocycles. The molecule has 2 aliphatic heterocycles. The molecule has 5 heteroatoms. The first-order chi connectivity index (χ1) is 12.3. The fourth-order valence-corrected chi connectivity index (χ4v) is 3.83. The van der Waals surface area contributed by atoms with Crippen molar-refractivity contribution in [2.45, 2.75) is 24.9 Å². The van der Waals surface area contributed by atoms with Crippen LogP contribution in [0.4, 0.5) is 0 Å². The monoisotopic (exact) mass is 375 g/mol. The second-order valence-electron chi connectivity index (χ2n) is 6.87. The molecule has 2 aliphatic rings. The average molecular weight is 376 g/mol. The van der Waals surface area contributed by atoms with Gasteiger partial charge in [0.1, 0.15) is 18.5 Å². The van der Waals surface area contributed by atoms with Crippen molar-refractivity contribution in [2.75, 3.05) is 33.4 Å². The Morgan fingerprint density at radius 3 is 2.81 bits per heavy atom. The van der Waals surface area contributed by atoms with Crippen LogP contribution in [0.3, 0.4) is 0 Å². The molecule has 0 radical (unpaired) electrons. The van der Waals surface area contributed by atoms with E-state index in [-0.39, 0.29) is 18.5 Å². The van der Waals surface area contributed by atoms with Crippen LogP contribution >= 0.6 is 12.4 Å². The highest BCUT2D eigenvalue weighted by molar-refractivity contribution is 5.85. The first-order valence-corrected chi connectivity index (χ1v) is 9.06. The van der Waals surface area contributed by atoms with Crippen LogP contribution in [0.15, 0.2) is 48.5 Å². The zero-order valence-corrected chi connectivity index (χ0v) is 15.9. The van der Waals surface area contributed by atoms with E-state index in [0.717, 1.165) is 36.9 Å². The minimum atomic E-state index is 0. The molecule has 0 unspecified atom stereocenters. The maximum atomic E-state index is 6.13.